The van der Waals surface area contributed by atoms with Crippen LogP contribution in [0.25, 0.3) is 0 Å². The second-order valence-corrected chi connectivity index (χ2v) is 4.84. The molecule has 3 rings (SSSR count). The summed E-state index contributed by atoms with van der Waals surface area (Å²) in [6.07, 6.45) is 0. The summed E-state index contributed by atoms with van der Waals surface area (Å²) in [5.74, 6) is -1.86. The molecule has 0 saturated heterocycles. The largest absolute Gasteiger partial charge is 0.449 e. The first-order chi connectivity index (χ1) is 11.0. The van der Waals surface area contributed by atoms with Crippen LogP contribution >= 0.6 is 0 Å². The molecule has 0 radical (unpaired) electrons. The Morgan fingerprint density at radius 2 is 0.957 bits per heavy atom. The van der Waals surface area contributed by atoms with Crippen molar-refractivity contribution in [2.75, 3.05) is 0 Å². The van der Waals surface area contributed by atoms with E-state index in [4.69, 9.17) is 4.42 Å². The highest BCUT2D eigenvalue weighted by Gasteiger charge is 2.18. The first-order valence-electron chi connectivity index (χ1n) is 6.75. The van der Waals surface area contributed by atoms with Gasteiger partial charge in [-0.2, -0.15) is 0 Å². The second-order valence-electron chi connectivity index (χ2n) is 4.84. The molecular weight excluding hydrogens is 302 g/mol. The second kappa shape index (κ2) is 5.96. The van der Waals surface area contributed by atoms with E-state index in [1.165, 1.54) is 60.7 Å². The van der Waals surface area contributed by atoms with E-state index in [0.717, 1.165) is 0 Å². The molecule has 3 aromatic rings. The molecule has 1 heterocycles. The molecule has 0 bridgehead atoms. The van der Waals surface area contributed by atoms with Crippen LogP contribution in [0.15, 0.2) is 65.1 Å². The maximum atomic E-state index is 12.9. The molecule has 3 nitrogen and oxygen atoms in total. The average Bonchev–Trinajstić information content (AvgIpc) is 3.05. The van der Waals surface area contributed by atoms with E-state index in [1.54, 1.807) is 0 Å². The number of hydrogen-bond acceptors (Lipinski definition) is 3. The van der Waals surface area contributed by atoms with Crippen LogP contribution in [0.3, 0.4) is 0 Å². The van der Waals surface area contributed by atoms with Gasteiger partial charge in [0.1, 0.15) is 11.6 Å². The molecule has 0 N–H and O–H groups in total. The van der Waals surface area contributed by atoms with E-state index in [2.05, 4.69) is 0 Å². The van der Waals surface area contributed by atoms with Gasteiger partial charge in [-0.05, 0) is 60.7 Å². The lowest BCUT2D eigenvalue weighted by molar-refractivity contribution is 0.0986. The topological polar surface area (TPSA) is 47.3 Å². The Morgan fingerprint density at radius 3 is 1.30 bits per heavy atom. The summed E-state index contributed by atoms with van der Waals surface area (Å²) >= 11 is 0. The fourth-order valence-electron chi connectivity index (χ4n) is 2.07. The molecule has 1 aromatic heterocycles. The monoisotopic (exact) mass is 312 g/mol. The van der Waals surface area contributed by atoms with Crippen molar-refractivity contribution in [2.24, 2.45) is 0 Å². The van der Waals surface area contributed by atoms with E-state index in [9.17, 15) is 18.4 Å². The quantitative estimate of drug-likeness (QED) is 0.684. The van der Waals surface area contributed by atoms with Gasteiger partial charge in [0.2, 0.25) is 11.6 Å². The Balaban J connectivity index is 1.85. The Hall–Kier alpha value is -3.08. The van der Waals surface area contributed by atoms with E-state index in [0.29, 0.717) is 0 Å². The molecule has 23 heavy (non-hydrogen) atoms. The minimum Gasteiger partial charge on any atom is -0.449 e. The van der Waals surface area contributed by atoms with Crippen LogP contribution in [0.1, 0.15) is 32.2 Å². The van der Waals surface area contributed by atoms with Gasteiger partial charge >= 0.3 is 0 Å². The maximum Gasteiger partial charge on any atom is 0.228 e. The van der Waals surface area contributed by atoms with Crippen LogP contribution in [0, 0.1) is 11.6 Å². The van der Waals surface area contributed by atoms with Gasteiger partial charge in [0, 0.05) is 11.1 Å². The number of benzene rings is 2. The Kier molecular flexibility index (Phi) is 3.85. The van der Waals surface area contributed by atoms with Gasteiger partial charge in [-0.1, -0.05) is 0 Å². The average molecular weight is 312 g/mol. The molecule has 0 atom stereocenters. The molecule has 2 aromatic carbocycles. The number of hydrogen-bond donors (Lipinski definition) is 0. The maximum absolute atomic E-state index is 12.9. The zero-order valence-corrected chi connectivity index (χ0v) is 11.8. The first-order valence-corrected chi connectivity index (χ1v) is 6.75. The van der Waals surface area contributed by atoms with Crippen LogP contribution in [0.2, 0.25) is 0 Å². The van der Waals surface area contributed by atoms with Crippen molar-refractivity contribution >= 4 is 11.6 Å². The summed E-state index contributed by atoms with van der Waals surface area (Å²) in [5, 5.41) is 0. The molecule has 0 unspecified atom stereocenters. The lowest BCUT2D eigenvalue weighted by atomic mass is 10.1. The highest BCUT2D eigenvalue weighted by molar-refractivity contribution is 6.10. The van der Waals surface area contributed by atoms with Gasteiger partial charge in [0.05, 0.1) is 0 Å². The normalized spacial score (nSPS) is 10.5. The zero-order valence-electron chi connectivity index (χ0n) is 11.8. The van der Waals surface area contributed by atoms with Crippen LogP contribution in [-0.4, -0.2) is 11.6 Å². The fraction of sp³-hybridized carbons (Fsp3) is 0. The molecular formula is C18H10F2O3. The molecule has 114 valence electrons. The first kappa shape index (κ1) is 14.8. The van der Waals surface area contributed by atoms with E-state index >= 15 is 0 Å². The minimum absolute atomic E-state index is 0.0259. The molecule has 5 heteroatoms. The van der Waals surface area contributed by atoms with E-state index < -0.39 is 23.2 Å². The Bertz CT molecular complexity index is 790. The number of carbonyl (C=O) groups excluding carboxylic acids is 2. The van der Waals surface area contributed by atoms with Crippen LogP contribution in [0.4, 0.5) is 8.78 Å². The third-order valence-corrected chi connectivity index (χ3v) is 3.27. The van der Waals surface area contributed by atoms with Crippen LogP contribution in [0.5, 0.6) is 0 Å². The van der Waals surface area contributed by atoms with Crippen molar-refractivity contribution in [3.8, 4) is 0 Å². The fourth-order valence-corrected chi connectivity index (χ4v) is 2.07. The molecule has 0 amide bonds. The number of carbonyl (C=O) groups is 2. The van der Waals surface area contributed by atoms with Gasteiger partial charge in [-0.25, -0.2) is 8.78 Å². The molecule has 0 spiro atoms. The molecule has 0 fully saturated rings. The summed E-state index contributed by atoms with van der Waals surface area (Å²) in [5.41, 5.74) is 0.503. The third kappa shape index (κ3) is 3.08. The zero-order chi connectivity index (χ0) is 16.4. The molecule has 0 aliphatic rings. The van der Waals surface area contributed by atoms with Gasteiger partial charge in [0.25, 0.3) is 0 Å². The smallest absolute Gasteiger partial charge is 0.228 e. The summed E-state index contributed by atoms with van der Waals surface area (Å²) in [7, 11) is 0. The predicted octanol–water partition coefficient (Wildman–Crippen LogP) is 4.02. The van der Waals surface area contributed by atoms with Crippen molar-refractivity contribution in [2.45, 2.75) is 0 Å². The lowest BCUT2D eigenvalue weighted by Crippen LogP contribution is -2.01. The summed E-state index contributed by atoms with van der Waals surface area (Å²) in [6.45, 7) is 0. The molecule has 0 aliphatic heterocycles. The Labute approximate surface area is 130 Å². The molecule has 0 saturated carbocycles. The number of rotatable bonds is 4. The van der Waals surface area contributed by atoms with Crippen LogP contribution < -0.4 is 0 Å². The number of halogens is 2. The van der Waals surface area contributed by atoms with E-state index in [1.807, 2.05) is 0 Å². The van der Waals surface area contributed by atoms with Crippen LogP contribution in [-0.2, 0) is 0 Å². The van der Waals surface area contributed by atoms with Gasteiger partial charge in [0.15, 0.2) is 11.5 Å². The minimum atomic E-state index is -0.455. The van der Waals surface area contributed by atoms with Gasteiger partial charge in [-0.3, -0.25) is 9.59 Å². The lowest BCUT2D eigenvalue weighted by Gasteiger charge is -1.99. The van der Waals surface area contributed by atoms with Gasteiger partial charge in [-0.15, -0.1) is 0 Å². The van der Waals surface area contributed by atoms with Crippen molar-refractivity contribution in [1.29, 1.82) is 0 Å². The van der Waals surface area contributed by atoms with Crippen molar-refractivity contribution in [3.05, 3.63) is 94.9 Å². The highest BCUT2D eigenvalue weighted by Crippen LogP contribution is 2.17. The number of furan rings is 1. The summed E-state index contributed by atoms with van der Waals surface area (Å²) < 4.78 is 31.0. The van der Waals surface area contributed by atoms with Crippen molar-refractivity contribution in [3.63, 3.8) is 0 Å². The van der Waals surface area contributed by atoms with Crippen molar-refractivity contribution in [1.82, 2.24) is 0 Å². The van der Waals surface area contributed by atoms with E-state index in [-0.39, 0.29) is 22.6 Å². The summed E-state index contributed by atoms with van der Waals surface area (Å²) in [6, 6.07) is 12.8. The highest BCUT2D eigenvalue weighted by atomic mass is 19.1. The van der Waals surface area contributed by atoms with Gasteiger partial charge < -0.3 is 4.42 Å². The Morgan fingerprint density at radius 1 is 0.609 bits per heavy atom. The summed E-state index contributed by atoms with van der Waals surface area (Å²) in [4.78, 5) is 24.4. The third-order valence-electron chi connectivity index (χ3n) is 3.27. The standard InChI is InChI=1S/C18H10F2O3/c19-13-5-1-11(2-6-13)17(21)15-9-10-16(23-15)18(22)12-3-7-14(20)8-4-12/h1-10H. The molecule has 0 aliphatic carbocycles. The number of ketones is 2. The SMILES string of the molecule is O=C(c1ccc(F)cc1)c1ccc(C(=O)c2ccc(F)cc2)o1. The van der Waals surface area contributed by atoms with Crippen molar-refractivity contribution < 1.29 is 22.8 Å². The predicted molar refractivity (Wildman–Crippen MR) is 78.4 cm³/mol.